The maximum absolute atomic E-state index is 6.38. The first kappa shape index (κ1) is 24.1. The van der Waals surface area contributed by atoms with E-state index in [9.17, 15) is 0 Å². The fourth-order valence-corrected chi connectivity index (χ4v) is 3.94. The van der Waals surface area contributed by atoms with Gasteiger partial charge >= 0.3 is 0 Å². The zero-order chi connectivity index (χ0) is 24.1. The van der Waals surface area contributed by atoms with Gasteiger partial charge in [-0.1, -0.05) is 29.4 Å². The molecule has 0 N–H and O–H groups in total. The average Bonchev–Trinajstić information content (AvgIpc) is 3.30. The second kappa shape index (κ2) is 11.0. The van der Waals surface area contributed by atoms with Gasteiger partial charge in [0.1, 0.15) is 29.6 Å². The molecule has 0 amide bonds. The number of hydrogen-bond acceptors (Lipinski definition) is 7. The minimum absolute atomic E-state index is 0.549. The molecule has 6 nitrogen and oxygen atoms in total. The van der Waals surface area contributed by atoms with E-state index in [2.05, 4.69) is 14.9 Å². The highest BCUT2D eigenvalue weighted by molar-refractivity contribution is 7.98. The number of halogens is 1. The summed E-state index contributed by atoms with van der Waals surface area (Å²) in [4.78, 5) is 11.0. The van der Waals surface area contributed by atoms with E-state index in [4.69, 9.17) is 25.5 Å². The van der Waals surface area contributed by atoms with Crippen molar-refractivity contribution >= 4 is 23.4 Å². The molecule has 2 heterocycles. The van der Waals surface area contributed by atoms with Gasteiger partial charge in [0.05, 0.1) is 12.1 Å². The van der Waals surface area contributed by atoms with Gasteiger partial charge in [-0.25, -0.2) is 9.97 Å². The summed E-state index contributed by atoms with van der Waals surface area (Å²) in [6.45, 7) is 1.49. The zero-order valence-electron chi connectivity index (χ0n) is 19.5. The molecule has 0 saturated heterocycles. The smallest absolute Gasteiger partial charge is 0.187 e. The van der Waals surface area contributed by atoms with Gasteiger partial charge in [0.25, 0.3) is 0 Å². The largest absolute Gasteiger partial charge is 0.495 e. The van der Waals surface area contributed by atoms with Crippen LogP contribution in [0, 0.1) is 0 Å². The molecule has 2 aromatic carbocycles. The van der Waals surface area contributed by atoms with Crippen LogP contribution in [0.3, 0.4) is 0 Å². The lowest BCUT2D eigenvalue weighted by Gasteiger charge is -2.11. The Hall–Kier alpha value is -3.00. The van der Waals surface area contributed by atoms with Crippen molar-refractivity contribution in [1.29, 1.82) is 0 Å². The minimum Gasteiger partial charge on any atom is -0.495 e. The van der Waals surface area contributed by atoms with E-state index in [-0.39, 0.29) is 0 Å². The Morgan fingerprint density at radius 3 is 2.50 bits per heavy atom. The third-order valence-electron chi connectivity index (χ3n) is 5.19. The third kappa shape index (κ3) is 5.55. The van der Waals surface area contributed by atoms with Crippen LogP contribution in [0.4, 0.5) is 0 Å². The fourth-order valence-electron chi connectivity index (χ4n) is 3.39. The Balaban J connectivity index is 1.73. The highest BCUT2D eigenvalue weighted by Gasteiger charge is 2.19. The SMILES string of the molecule is COc1cc(-c2cc(-c3ccc(OCCN(C)C)cc3)oc2-c2ccnc(SC)n2)ccc1Cl. The maximum Gasteiger partial charge on any atom is 0.187 e. The minimum atomic E-state index is 0.549. The van der Waals surface area contributed by atoms with Crippen molar-refractivity contribution in [3.63, 3.8) is 0 Å². The van der Waals surface area contributed by atoms with E-state index in [0.29, 0.717) is 34.0 Å². The first-order valence-electron chi connectivity index (χ1n) is 10.7. The molecule has 0 unspecified atom stereocenters. The molecule has 0 aliphatic carbocycles. The number of ether oxygens (including phenoxy) is 2. The molecule has 0 saturated carbocycles. The first-order chi connectivity index (χ1) is 16.5. The predicted octanol–water partition coefficient (Wildman–Crippen LogP) is 6.39. The summed E-state index contributed by atoms with van der Waals surface area (Å²) in [6.07, 6.45) is 3.68. The van der Waals surface area contributed by atoms with Crippen LogP contribution in [0.5, 0.6) is 11.5 Å². The zero-order valence-corrected chi connectivity index (χ0v) is 21.1. The average molecular weight is 496 g/mol. The Morgan fingerprint density at radius 2 is 1.79 bits per heavy atom. The Labute approximate surface area is 208 Å². The number of methoxy groups -OCH3 is 1. The summed E-state index contributed by atoms with van der Waals surface area (Å²) in [5, 5.41) is 1.22. The molecule has 34 heavy (non-hydrogen) atoms. The molecule has 176 valence electrons. The van der Waals surface area contributed by atoms with Crippen molar-refractivity contribution in [1.82, 2.24) is 14.9 Å². The van der Waals surface area contributed by atoms with Crippen molar-refractivity contribution in [2.24, 2.45) is 0 Å². The van der Waals surface area contributed by atoms with Gasteiger partial charge in [0.2, 0.25) is 0 Å². The van der Waals surface area contributed by atoms with Gasteiger partial charge in [-0.3, -0.25) is 0 Å². The van der Waals surface area contributed by atoms with Crippen LogP contribution in [-0.4, -0.2) is 55.5 Å². The van der Waals surface area contributed by atoms with E-state index < -0.39 is 0 Å². The topological polar surface area (TPSA) is 60.6 Å². The summed E-state index contributed by atoms with van der Waals surface area (Å²) >= 11 is 7.75. The second-order valence-corrected chi connectivity index (χ2v) is 8.99. The van der Waals surface area contributed by atoms with Crippen LogP contribution in [-0.2, 0) is 0 Å². The molecule has 4 rings (SSSR count). The van der Waals surface area contributed by atoms with Crippen molar-refractivity contribution in [3.8, 4) is 45.4 Å². The molecular formula is C26H26ClN3O3S. The number of likely N-dealkylation sites (N-methyl/N-ethyl adjacent to an activating group) is 1. The number of aromatic nitrogens is 2. The van der Waals surface area contributed by atoms with Crippen molar-refractivity contribution in [2.45, 2.75) is 5.16 Å². The van der Waals surface area contributed by atoms with Gasteiger partial charge in [0.15, 0.2) is 10.9 Å². The van der Waals surface area contributed by atoms with Crippen molar-refractivity contribution < 1.29 is 13.9 Å². The van der Waals surface area contributed by atoms with Gasteiger partial charge in [0, 0.05) is 23.9 Å². The maximum atomic E-state index is 6.38. The van der Waals surface area contributed by atoms with E-state index >= 15 is 0 Å². The summed E-state index contributed by atoms with van der Waals surface area (Å²) in [7, 11) is 5.65. The lowest BCUT2D eigenvalue weighted by atomic mass is 10.0. The summed E-state index contributed by atoms with van der Waals surface area (Å²) in [6, 6.07) is 17.4. The van der Waals surface area contributed by atoms with E-state index in [0.717, 1.165) is 34.7 Å². The van der Waals surface area contributed by atoms with Gasteiger partial charge < -0.3 is 18.8 Å². The van der Waals surface area contributed by atoms with Crippen molar-refractivity contribution in [3.05, 3.63) is 65.8 Å². The number of rotatable bonds is 9. The van der Waals surface area contributed by atoms with E-state index in [1.54, 1.807) is 13.3 Å². The molecule has 0 spiro atoms. The first-order valence-corrected chi connectivity index (χ1v) is 12.3. The quantitative estimate of drug-likeness (QED) is 0.197. The van der Waals surface area contributed by atoms with E-state index in [1.807, 2.05) is 74.9 Å². The lowest BCUT2D eigenvalue weighted by molar-refractivity contribution is 0.261. The highest BCUT2D eigenvalue weighted by Crippen LogP contribution is 2.40. The van der Waals surface area contributed by atoms with E-state index in [1.165, 1.54) is 11.8 Å². The molecule has 0 atom stereocenters. The third-order valence-corrected chi connectivity index (χ3v) is 6.06. The molecule has 0 aliphatic rings. The van der Waals surface area contributed by atoms with Crippen LogP contribution in [0.15, 0.2) is 70.4 Å². The number of thioether (sulfide) groups is 1. The van der Waals surface area contributed by atoms with Crippen LogP contribution < -0.4 is 9.47 Å². The standard InChI is InChI=1S/C26H26ClN3O3S/c1-30(2)13-14-32-19-8-5-17(6-9-19)23-16-20(18-7-10-21(27)24(15-18)31-3)25(33-23)22-11-12-28-26(29-22)34-4/h5-12,15-16H,13-14H2,1-4H3. The van der Waals surface area contributed by atoms with Gasteiger partial charge in [-0.05, 0) is 74.4 Å². The number of nitrogens with zero attached hydrogens (tertiary/aromatic N) is 3. The van der Waals surface area contributed by atoms with Crippen LogP contribution in [0.25, 0.3) is 33.9 Å². The summed E-state index contributed by atoms with van der Waals surface area (Å²) in [5.74, 6) is 2.80. The van der Waals surface area contributed by atoms with Crippen LogP contribution in [0.1, 0.15) is 0 Å². The molecular weight excluding hydrogens is 470 g/mol. The van der Waals surface area contributed by atoms with Gasteiger partial charge in [-0.15, -0.1) is 0 Å². The molecule has 0 bridgehead atoms. The van der Waals surface area contributed by atoms with Crippen LogP contribution in [0.2, 0.25) is 5.02 Å². The number of benzene rings is 2. The Morgan fingerprint density at radius 1 is 1.03 bits per heavy atom. The number of hydrogen-bond donors (Lipinski definition) is 0. The van der Waals surface area contributed by atoms with Crippen molar-refractivity contribution in [2.75, 3.05) is 40.6 Å². The Kier molecular flexibility index (Phi) is 7.77. The predicted molar refractivity (Wildman–Crippen MR) is 138 cm³/mol. The molecule has 8 heteroatoms. The lowest BCUT2D eigenvalue weighted by Crippen LogP contribution is -2.19. The van der Waals surface area contributed by atoms with Gasteiger partial charge in [-0.2, -0.15) is 0 Å². The highest BCUT2D eigenvalue weighted by atomic mass is 35.5. The molecule has 0 fully saturated rings. The molecule has 4 aromatic rings. The normalized spacial score (nSPS) is 11.1. The summed E-state index contributed by atoms with van der Waals surface area (Å²) < 4.78 is 17.6. The Bertz CT molecular complexity index is 1260. The van der Waals surface area contributed by atoms with Crippen LogP contribution >= 0.6 is 23.4 Å². The monoisotopic (exact) mass is 495 g/mol. The summed E-state index contributed by atoms with van der Waals surface area (Å²) in [5.41, 5.74) is 3.45. The fraction of sp³-hybridized carbons (Fsp3) is 0.231. The number of furan rings is 1. The second-order valence-electron chi connectivity index (χ2n) is 7.81. The molecule has 0 radical (unpaired) electrons. The molecule has 2 aromatic heterocycles. The molecule has 0 aliphatic heterocycles.